The molecular formula is C12H19NO4. The molecule has 0 spiro atoms. The molecular weight excluding hydrogens is 222 g/mol. The lowest BCUT2D eigenvalue weighted by atomic mass is 10.0. The molecule has 1 aromatic rings. The van der Waals surface area contributed by atoms with Crippen LogP contribution in [0.2, 0.25) is 0 Å². The average molecular weight is 241 g/mol. The third-order valence-corrected chi connectivity index (χ3v) is 2.55. The van der Waals surface area contributed by atoms with Gasteiger partial charge in [0.2, 0.25) is 0 Å². The zero-order chi connectivity index (χ0) is 13.0. The highest BCUT2D eigenvalue weighted by molar-refractivity contribution is 5.51. The van der Waals surface area contributed by atoms with Crippen molar-refractivity contribution in [3.63, 3.8) is 0 Å². The predicted octanol–water partition coefficient (Wildman–Crippen LogP) is 1.09. The minimum absolute atomic E-state index is 0.401. The molecule has 17 heavy (non-hydrogen) atoms. The summed E-state index contributed by atoms with van der Waals surface area (Å²) in [5.41, 5.74) is 6.26. The normalized spacial score (nSPS) is 14.0. The fraction of sp³-hybridized carbons (Fsp3) is 0.500. The first-order valence-electron chi connectivity index (χ1n) is 5.28. The van der Waals surface area contributed by atoms with Crippen LogP contribution < -0.4 is 19.9 Å². The van der Waals surface area contributed by atoms with Crippen LogP contribution in [-0.4, -0.2) is 32.5 Å². The lowest BCUT2D eigenvalue weighted by molar-refractivity contribution is 0.149. The Morgan fingerprint density at radius 3 is 1.88 bits per heavy atom. The van der Waals surface area contributed by atoms with Gasteiger partial charge in [0, 0.05) is 17.7 Å². The molecule has 0 aliphatic rings. The van der Waals surface area contributed by atoms with Gasteiger partial charge >= 0.3 is 0 Å². The molecule has 0 saturated heterocycles. The van der Waals surface area contributed by atoms with Crippen molar-refractivity contribution in [2.24, 2.45) is 5.73 Å². The monoisotopic (exact) mass is 241 g/mol. The number of hydrogen-bond donors (Lipinski definition) is 2. The van der Waals surface area contributed by atoms with Crippen molar-refractivity contribution in [2.45, 2.75) is 19.1 Å². The summed E-state index contributed by atoms with van der Waals surface area (Å²) >= 11 is 0. The standard InChI is InChI=1S/C12H19NO4/c1-7(13)12(14)8-5-10(16-3)11(17-4)6-9(8)15-2/h5-7,12,14H,13H2,1-4H3. The molecule has 0 saturated carbocycles. The summed E-state index contributed by atoms with van der Waals surface area (Å²) in [4.78, 5) is 0. The van der Waals surface area contributed by atoms with Crippen molar-refractivity contribution in [3.8, 4) is 17.2 Å². The van der Waals surface area contributed by atoms with Crippen molar-refractivity contribution in [2.75, 3.05) is 21.3 Å². The molecule has 2 atom stereocenters. The molecule has 2 unspecified atom stereocenters. The van der Waals surface area contributed by atoms with Crippen LogP contribution in [0.3, 0.4) is 0 Å². The summed E-state index contributed by atoms with van der Waals surface area (Å²) in [6, 6.07) is 2.94. The van der Waals surface area contributed by atoms with Gasteiger partial charge in [-0.3, -0.25) is 0 Å². The van der Waals surface area contributed by atoms with Gasteiger partial charge in [-0.05, 0) is 13.0 Å². The van der Waals surface area contributed by atoms with Gasteiger partial charge in [-0.25, -0.2) is 0 Å². The van der Waals surface area contributed by atoms with Crippen molar-refractivity contribution in [3.05, 3.63) is 17.7 Å². The Hall–Kier alpha value is -1.46. The van der Waals surface area contributed by atoms with E-state index in [9.17, 15) is 5.11 Å². The van der Waals surface area contributed by atoms with E-state index in [1.54, 1.807) is 26.2 Å². The molecule has 0 bridgehead atoms. The highest BCUT2D eigenvalue weighted by atomic mass is 16.5. The topological polar surface area (TPSA) is 73.9 Å². The second-order valence-corrected chi connectivity index (χ2v) is 3.75. The van der Waals surface area contributed by atoms with Crippen LogP contribution in [0.4, 0.5) is 0 Å². The Bertz CT molecular complexity index is 379. The average Bonchev–Trinajstić information content (AvgIpc) is 2.35. The first-order chi connectivity index (χ1) is 8.04. The molecule has 0 aliphatic heterocycles. The maximum Gasteiger partial charge on any atom is 0.164 e. The molecule has 0 heterocycles. The summed E-state index contributed by atoms with van der Waals surface area (Å²) < 4.78 is 15.5. The summed E-state index contributed by atoms with van der Waals surface area (Å²) in [7, 11) is 4.60. The predicted molar refractivity (Wildman–Crippen MR) is 64.7 cm³/mol. The fourth-order valence-electron chi connectivity index (χ4n) is 1.57. The highest BCUT2D eigenvalue weighted by Gasteiger charge is 2.20. The van der Waals surface area contributed by atoms with Gasteiger partial charge in [-0.1, -0.05) is 0 Å². The maximum atomic E-state index is 9.99. The van der Waals surface area contributed by atoms with Crippen LogP contribution in [0.5, 0.6) is 17.2 Å². The van der Waals surface area contributed by atoms with Crippen molar-refractivity contribution in [1.82, 2.24) is 0 Å². The number of ether oxygens (including phenoxy) is 3. The van der Waals surface area contributed by atoms with Gasteiger partial charge in [-0.2, -0.15) is 0 Å². The number of nitrogens with two attached hydrogens (primary N) is 1. The molecule has 1 aromatic carbocycles. The van der Waals surface area contributed by atoms with Crippen LogP contribution >= 0.6 is 0 Å². The number of methoxy groups -OCH3 is 3. The van der Waals surface area contributed by atoms with E-state index >= 15 is 0 Å². The van der Waals surface area contributed by atoms with Gasteiger partial charge < -0.3 is 25.1 Å². The minimum atomic E-state index is -0.815. The summed E-state index contributed by atoms with van der Waals surface area (Å²) in [6.07, 6.45) is -0.815. The molecule has 5 heteroatoms. The molecule has 96 valence electrons. The van der Waals surface area contributed by atoms with Crippen molar-refractivity contribution in [1.29, 1.82) is 0 Å². The molecule has 0 aliphatic carbocycles. The van der Waals surface area contributed by atoms with E-state index < -0.39 is 12.1 Å². The number of aliphatic hydroxyl groups is 1. The van der Waals surface area contributed by atoms with E-state index in [2.05, 4.69) is 0 Å². The van der Waals surface area contributed by atoms with Gasteiger partial charge in [0.05, 0.1) is 27.4 Å². The molecule has 1 rings (SSSR count). The first-order valence-corrected chi connectivity index (χ1v) is 5.28. The highest BCUT2D eigenvalue weighted by Crippen LogP contribution is 2.37. The lowest BCUT2D eigenvalue weighted by Gasteiger charge is -2.20. The zero-order valence-corrected chi connectivity index (χ0v) is 10.6. The Kier molecular flexibility index (Phi) is 4.60. The van der Waals surface area contributed by atoms with E-state index in [1.165, 1.54) is 14.2 Å². The molecule has 3 N–H and O–H groups in total. The third-order valence-electron chi connectivity index (χ3n) is 2.55. The Morgan fingerprint density at radius 1 is 1.00 bits per heavy atom. The second-order valence-electron chi connectivity index (χ2n) is 3.75. The number of hydrogen-bond acceptors (Lipinski definition) is 5. The summed E-state index contributed by atoms with van der Waals surface area (Å²) in [5.74, 6) is 1.60. The van der Waals surface area contributed by atoms with Crippen LogP contribution in [0.15, 0.2) is 12.1 Å². The maximum absolute atomic E-state index is 9.99. The molecule has 5 nitrogen and oxygen atoms in total. The fourth-order valence-corrected chi connectivity index (χ4v) is 1.57. The van der Waals surface area contributed by atoms with E-state index in [0.29, 0.717) is 22.8 Å². The van der Waals surface area contributed by atoms with E-state index in [-0.39, 0.29) is 0 Å². The van der Waals surface area contributed by atoms with Gasteiger partial charge in [0.25, 0.3) is 0 Å². The number of aliphatic hydroxyl groups excluding tert-OH is 1. The van der Waals surface area contributed by atoms with Gasteiger partial charge in [0.15, 0.2) is 11.5 Å². The minimum Gasteiger partial charge on any atom is -0.496 e. The smallest absolute Gasteiger partial charge is 0.164 e. The van der Waals surface area contributed by atoms with Crippen LogP contribution in [-0.2, 0) is 0 Å². The molecule has 0 aromatic heterocycles. The van der Waals surface area contributed by atoms with Crippen LogP contribution in [0, 0.1) is 0 Å². The number of benzene rings is 1. The first kappa shape index (κ1) is 13.6. The second kappa shape index (κ2) is 5.75. The third kappa shape index (κ3) is 2.81. The molecule has 0 fully saturated rings. The van der Waals surface area contributed by atoms with Crippen LogP contribution in [0.1, 0.15) is 18.6 Å². The van der Waals surface area contributed by atoms with Crippen molar-refractivity contribution < 1.29 is 19.3 Å². The summed E-state index contributed by atoms with van der Waals surface area (Å²) in [6.45, 7) is 1.72. The van der Waals surface area contributed by atoms with Crippen molar-refractivity contribution >= 4 is 0 Å². The Balaban J connectivity index is 3.28. The Labute approximate surface area is 101 Å². The van der Waals surface area contributed by atoms with E-state index in [4.69, 9.17) is 19.9 Å². The largest absolute Gasteiger partial charge is 0.496 e. The Morgan fingerprint density at radius 2 is 1.47 bits per heavy atom. The quantitative estimate of drug-likeness (QED) is 0.807. The SMILES string of the molecule is COc1cc(OC)c(C(O)C(C)N)cc1OC. The van der Waals surface area contributed by atoms with E-state index in [0.717, 1.165) is 0 Å². The summed E-state index contributed by atoms with van der Waals surface area (Å²) in [5, 5.41) is 9.99. The molecule has 0 radical (unpaired) electrons. The lowest BCUT2D eigenvalue weighted by Crippen LogP contribution is -2.24. The van der Waals surface area contributed by atoms with E-state index in [1.807, 2.05) is 0 Å². The zero-order valence-electron chi connectivity index (χ0n) is 10.6. The number of rotatable bonds is 5. The van der Waals surface area contributed by atoms with Gasteiger partial charge in [-0.15, -0.1) is 0 Å². The molecule has 0 amide bonds. The van der Waals surface area contributed by atoms with Gasteiger partial charge in [0.1, 0.15) is 5.75 Å². The van der Waals surface area contributed by atoms with Crippen LogP contribution in [0.25, 0.3) is 0 Å².